The van der Waals surface area contributed by atoms with Gasteiger partial charge in [0.15, 0.2) is 0 Å². The smallest absolute Gasteiger partial charge is 0.303 e. The summed E-state index contributed by atoms with van der Waals surface area (Å²) in [4.78, 5) is 10.6. The van der Waals surface area contributed by atoms with Gasteiger partial charge in [0.05, 0.1) is 18.9 Å². The van der Waals surface area contributed by atoms with E-state index in [1.165, 1.54) is 0 Å². The Morgan fingerprint density at radius 1 is 1.53 bits per heavy atom. The lowest BCUT2D eigenvalue weighted by Gasteiger charge is -2.08. The molecule has 0 aliphatic heterocycles. The lowest BCUT2D eigenvalue weighted by Crippen LogP contribution is -2.11. The molecule has 1 heterocycles. The molecule has 0 bridgehead atoms. The van der Waals surface area contributed by atoms with E-state index in [2.05, 4.69) is 0 Å². The monoisotopic (exact) mass is 263 g/mol. The molecular formula is C14H17NO4. The van der Waals surface area contributed by atoms with Gasteiger partial charge < -0.3 is 20.0 Å². The van der Waals surface area contributed by atoms with Crippen LogP contribution in [0, 0.1) is 0 Å². The van der Waals surface area contributed by atoms with E-state index in [0.717, 1.165) is 16.5 Å². The van der Waals surface area contributed by atoms with E-state index in [0.29, 0.717) is 18.8 Å². The Balaban J connectivity index is 2.22. The zero-order valence-corrected chi connectivity index (χ0v) is 10.8. The standard InChI is InChI=1S/C14H17NO4/c1-2-18-10-3-4-11-9(7-10)8-19-14(11)12(15)5-6-13(16)17/h3-4,7-8,12H,2,5-6,15H2,1H3,(H,16,17). The van der Waals surface area contributed by atoms with Gasteiger partial charge in [0, 0.05) is 17.2 Å². The van der Waals surface area contributed by atoms with Crippen LogP contribution in [0.3, 0.4) is 0 Å². The average Bonchev–Trinajstić information content (AvgIpc) is 2.79. The molecule has 1 atom stereocenters. The van der Waals surface area contributed by atoms with Gasteiger partial charge in [-0.05, 0) is 31.5 Å². The van der Waals surface area contributed by atoms with Crippen molar-refractivity contribution in [2.45, 2.75) is 25.8 Å². The first-order valence-corrected chi connectivity index (χ1v) is 6.23. The van der Waals surface area contributed by atoms with Crippen molar-refractivity contribution in [2.24, 2.45) is 5.73 Å². The Labute approximate surface area is 111 Å². The van der Waals surface area contributed by atoms with Crippen molar-refractivity contribution < 1.29 is 19.1 Å². The second kappa shape index (κ2) is 5.75. The molecule has 0 aliphatic rings. The molecule has 2 aromatic rings. The first-order chi connectivity index (χ1) is 9.11. The van der Waals surface area contributed by atoms with Gasteiger partial charge in [-0.3, -0.25) is 4.79 Å². The highest BCUT2D eigenvalue weighted by molar-refractivity contribution is 5.85. The molecule has 1 unspecified atom stereocenters. The number of benzene rings is 1. The number of rotatable bonds is 6. The van der Waals surface area contributed by atoms with Crippen LogP contribution >= 0.6 is 0 Å². The number of hydrogen-bond acceptors (Lipinski definition) is 4. The number of carbonyl (C=O) groups is 1. The minimum atomic E-state index is -0.857. The van der Waals surface area contributed by atoms with Crippen LogP contribution in [0.25, 0.3) is 10.8 Å². The summed E-state index contributed by atoms with van der Waals surface area (Å²) in [6, 6.07) is 5.22. The molecule has 19 heavy (non-hydrogen) atoms. The Morgan fingerprint density at radius 2 is 2.32 bits per heavy atom. The van der Waals surface area contributed by atoms with Crippen molar-refractivity contribution in [3.05, 3.63) is 30.2 Å². The van der Waals surface area contributed by atoms with Gasteiger partial charge in [-0.15, -0.1) is 0 Å². The molecular weight excluding hydrogens is 246 g/mol. The summed E-state index contributed by atoms with van der Waals surface area (Å²) < 4.78 is 10.9. The molecule has 1 aromatic carbocycles. The number of carboxylic acid groups (broad SMARTS) is 1. The fourth-order valence-corrected chi connectivity index (χ4v) is 2.01. The van der Waals surface area contributed by atoms with Gasteiger partial charge in [-0.1, -0.05) is 0 Å². The predicted molar refractivity (Wildman–Crippen MR) is 71.2 cm³/mol. The van der Waals surface area contributed by atoms with E-state index >= 15 is 0 Å². The van der Waals surface area contributed by atoms with Crippen molar-refractivity contribution >= 4 is 16.7 Å². The quantitative estimate of drug-likeness (QED) is 0.836. The SMILES string of the molecule is CCOc1ccc2c(C(N)CCC(=O)O)occ2c1. The van der Waals surface area contributed by atoms with Gasteiger partial charge in [-0.2, -0.15) is 0 Å². The van der Waals surface area contributed by atoms with Gasteiger partial charge in [-0.25, -0.2) is 0 Å². The third-order valence-corrected chi connectivity index (χ3v) is 2.92. The first kappa shape index (κ1) is 13.4. The molecule has 0 aliphatic carbocycles. The average molecular weight is 263 g/mol. The van der Waals surface area contributed by atoms with Crippen molar-refractivity contribution in [2.75, 3.05) is 6.61 Å². The Morgan fingerprint density at radius 3 is 3.00 bits per heavy atom. The zero-order chi connectivity index (χ0) is 13.8. The molecule has 102 valence electrons. The maximum atomic E-state index is 10.6. The molecule has 0 amide bonds. The topological polar surface area (TPSA) is 85.7 Å². The molecule has 0 fully saturated rings. The number of fused-ring (bicyclic) bond motifs is 1. The third kappa shape index (κ3) is 3.06. The minimum Gasteiger partial charge on any atom is -0.494 e. The van der Waals surface area contributed by atoms with Gasteiger partial charge in [0.1, 0.15) is 11.5 Å². The Hall–Kier alpha value is -2.01. The summed E-state index contributed by atoms with van der Waals surface area (Å²) in [6.07, 6.45) is 2.00. The summed E-state index contributed by atoms with van der Waals surface area (Å²) >= 11 is 0. The van der Waals surface area contributed by atoms with Crippen molar-refractivity contribution in [3.63, 3.8) is 0 Å². The molecule has 0 saturated carbocycles. The third-order valence-electron chi connectivity index (χ3n) is 2.92. The summed E-state index contributed by atoms with van der Waals surface area (Å²) in [5.74, 6) is 0.547. The van der Waals surface area contributed by atoms with E-state index < -0.39 is 12.0 Å². The molecule has 2 rings (SSSR count). The fraction of sp³-hybridized carbons (Fsp3) is 0.357. The van der Waals surface area contributed by atoms with E-state index in [4.69, 9.17) is 20.0 Å². The Kier molecular flexibility index (Phi) is 4.06. The van der Waals surface area contributed by atoms with E-state index in [1.54, 1.807) is 6.26 Å². The summed E-state index contributed by atoms with van der Waals surface area (Å²) in [7, 11) is 0. The van der Waals surface area contributed by atoms with Crippen LogP contribution in [0.4, 0.5) is 0 Å². The van der Waals surface area contributed by atoms with Gasteiger partial charge in [0.25, 0.3) is 0 Å². The lowest BCUT2D eigenvalue weighted by atomic mass is 10.1. The summed E-state index contributed by atoms with van der Waals surface area (Å²) in [5, 5.41) is 10.5. The van der Waals surface area contributed by atoms with Crippen LogP contribution in [0.1, 0.15) is 31.6 Å². The zero-order valence-electron chi connectivity index (χ0n) is 10.8. The highest BCUT2D eigenvalue weighted by Gasteiger charge is 2.16. The maximum absolute atomic E-state index is 10.6. The van der Waals surface area contributed by atoms with Crippen LogP contribution in [0.2, 0.25) is 0 Å². The van der Waals surface area contributed by atoms with Gasteiger partial charge >= 0.3 is 5.97 Å². The molecule has 5 heteroatoms. The molecule has 0 radical (unpaired) electrons. The van der Waals surface area contributed by atoms with E-state index in [-0.39, 0.29) is 6.42 Å². The highest BCUT2D eigenvalue weighted by atomic mass is 16.5. The molecule has 5 nitrogen and oxygen atoms in total. The second-order valence-corrected chi connectivity index (χ2v) is 4.32. The normalized spacial score (nSPS) is 12.5. The predicted octanol–water partition coefficient (Wildman–Crippen LogP) is 2.70. The highest BCUT2D eigenvalue weighted by Crippen LogP contribution is 2.30. The number of carboxylic acids is 1. The first-order valence-electron chi connectivity index (χ1n) is 6.23. The van der Waals surface area contributed by atoms with Crippen LogP contribution < -0.4 is 10.5 Å². The van der Waals surface area contributed by atoms with Crippen LogP contribution in [-0.4, -0.2) is 17.7 Å². The number of aliphatic carboxylic acids is 1. The van der Waals surface area contributed by atoms with Crippen LogP contribution in [0.15, 0.2) is 28.9 Å². The number of nitrogens with two attached hydrogens (primary N) is 1. The largest absolute Gasteiger partial charge is 0.494 e. The molecule has 0 spiro atoms. The summed E-state index contributed by atoms with van der Waals surface area (Å²) in [5.41, 5.74) is 5.96. The van der Waals surface area contributed by atoms with Gasteiger partial charge in [0.2, 0.25) is 0 Å². The molecule has 1 aromatic heterocycles. The van der Waals surface area contributed by atoms with Crippen LogP contribution in [-0.2, 0) is 4.79 Å². The van der Waals surface area contributed by atoms with Crippen LogP contribution in [0.5, 0.6) is 5.75 Å². The lowest BCUT2D eigenvalue weighted by molar-refractivity contribution is -0.137. The van der Waals surface area contributed by atoms with Crippen molar-refractivity contribution in [1.82, 2.24) is 0 Å². The number of ether oxygens (including phenoxy) is 1. The second-order valence-electron chi connectivity index (χ2n) is 4.32. The molecule has 0 saturated heterocycles. The Bertz CT molecular complexity index is 576. The summed E-state index contributed by atoms with van der Waals surface area (Å²) in [6.45, 7) is 2.53. The molecule has 3 N–H and O–H groups in total. The number of furan rings is 1. The van der Waals surface area contributed by atoms with E-state index in [9.17, 15) is 4.79 Å². The number of hydrogen-bond donors (Lipinski definition) is 2. The maximum Gasteiger partial charge on any atom is 0.303 e. The fourth-order valence-electron chi connectivity index (χ4n) is 2.01. The minimum absolute atomic E-state index is 0.0282. The van der Waals surface area contributed by atoms with Crippen molar-refractivity contribution in [3.8, 4) is 5.75 Å². The van der Waals surface area contributed by atoms with E-state index in [1.807, 2.05) is 25.1 Å². The van der Waals surface area contributed by atoms with Crippen molar-refractivity contribution in [1.29, 1.82) is 0 Å².